The van der Waals surface area contributed by atoms with Gasteiger partial charge in [-0.3, -0.25) is 14.6 Å². The number of rotatable bonds is 12. The number of ether oxygens (including phenoxy) is 2. The van der Waals surface area contributed by atoms with Gasteiger partial charge in [0.25, 0.3) is 5.91 Å². The standard InChI is InChI=1S/C35H36N6O4S/c1-36-35(43)31(16-23-8-12-27(44-2)13-9-23)40-34(42)29-5-3-4-28-30(14-15-45-33(28)29)39-18-26-17-37-21-41(26)20-24-6-10-25(11-7-24)32-19-38-22-46-32/h3-13,17,19,21-22,30-31,39H,14-16,18,20H2,1-2H3,(H,36,43)(H,40,42)/t30-,31-/m0/s1. The zero-order valence-electron chi connectivity index (χ0n) is 25.7. The van der Waals surface area contributed by atoms with Crippen LogP contribution in [0.15, 0.2) is 91.0 Å². The SMILES string of the molecule is CNC(=O)[C@H](Cc1ccc(OC)cc1)NC(=O)c1cccc2c1OCC[C@@H]2NCc1cncn1Cc1ccc(-c2cncs2)cc1. The molecule has 46 heavy (non-hydrogen) atoms. The minimum atomic E-state index is -0.761. The van der Waals surface area contributed by atoms with Crippen LogP contribution in [0.2, 0.25) is 0 Å². The molecule has 0 saturated carbocycles. The first-order chi connectivity index (χ1) is 22.5. The molecule has 6 rings (SSSR count). The zero-order valence-corrected chi connectivity index (χ0v) is 26.5. The Morgan fingerprint density at radius 3 is 2.59 bits per heavy atom. The highest BCUT2D eigenvalue weighted by molar-refractivity contribution is 7.13. The molecule has 0 saturated heterocycles. The highest BCUT2D eigenvalue weighted by Gasteiger charge is 2.28. The van der Waals surface area contributed by atoms with Crippen molar-refractivity contribution in [3.63, 3.8) is 0 Å². The minimum Gasteiger partial charge on any atom is -0.497 e. The molecule has 236 valence electrons. The number of hydrogen-bond donors (Lipinski definition) is 3. The molecule has 3 heterocycles. The van der Waals surface area contributed by atoms with E-state index in [9.17, 15) is 9.59 Å². The van der Waals surface area contributed by atoms with Crippen LogP contribution in [0.25, 0.3) is 10.4 Å². The fourth-order valence-electron chi connectivity index (χ4n) is 5.63. The van der Waals surface area contributed by atoms with E-state index in [-0.39, 0.29) is 17.9 Å². The lowest BCUT2D eigenvalue weighted by atomic mass is 9.96. The molecule has 2 atom stereocenters. The molecule has 2 amide bonds. The number of carbonyl (C=O) groups is 2. The van der Waals surface area contributed by atoms with E-state index in [1.807, 2.05) is 60.6 Å². The molecule has 3 aromatic carbocycles. The Morgan fingerprint density at radius 2 is 1.85 bits per heavy atom. The number of imidazole rings is 1. The van der Waals surface area contributed by atoms with Gasteiger partial charge in [0.2, 0.25) is 5.91 Å². The van der Waals surface area contributed by atoms with Crippen molar-refractivity contribution in [2.75, 3.05) is 20.8 Å². The number of thiazole rings is 1. The van der Waals surface area contributed by atoms with Crippen LogP contribution in [-0.2, 0) is 24.3 Å². The number of fused-ring (bicyclic) bond motifs is 1. The first-order valence-corrected chi connectivity index (χ1v) is 16.0. The Labute approximate surface area is 271 Å². The van der Waals surface area contributed by atoms with E-state index in [1.54, 1.807) is 31.6 Å². The van der Waals surface area contributed by atoms with Crippen LogP contribution >= 0.6 is 11.3 Å². The second kappa shape index (κ2) is 14.4. The molecule has 1 aliphatic heterocycles. The fourth-order valence-corrected chi connectivity index (χ4v) is 6.26. The van der Waals surface area contributed by atoms with Gasteiger partial charge >= 0.3 is 0 Å². The third-order valence-electron chi connectivity index (χ3n) is 8.14. The Hall–Kier alpha value is -5.00. The summed E-state index contributed by atoms with van der Waals surface area (Å²) in [4.78, 5) is 36.1. The van der Waals surface area contributed by atoms with Crippen molar-refractivity contribution in [1.82, 2.24) is 30.5 Å². The smallest absolute Gasteiger partial charge is 0.255 e. The van der Waals surface area contributed by atoms with Crippen molar-refractivity contribution in [3.8, 4) is 21.9 Å². The maximum atomic E-state index is 13.6. The predicted octanol–water partition coefficient (Wildman–Crippen LogP) is 4.76. The van der Waals surface area contributed by atoms with Crippen molar-refractivity contribution in [2.45, 2.75) is 38.0 Å². The molecule has 0 unspecified atom stereocenters. The maximum absolute atomic E-state index is 13.6. The summed E-state index contributed by atoms with van der Waals surface area (Å²) >= 11 is 1.63. The topological polar surface area (TPSA) is 119 Å². The van der Waals surface area contributed by atoms with Gasteiger partial charge in [0.05, 0.1) is 41.7 Å². The summed E-state index contributed by atoms with van der Waals surface area (Å²) in [5.74, 6) is 0.627. The average molecular weight is 637 g/mol. The van der Waals surface area contributed by atoms with Gasteiger partial charge in [-0.1, -0.05) is 48.5 Å². The molecule has 0 fully saturated rings. The largest absolute Gasteiger partial charge is 0.497 e. The van der Waals surface area contributed by atoms with Crippen LogP contribution in [0, 0.1) is 0 Å². The van der Waals surface area contributed by atoms with E-state index in [1.165, 1.54) is 5.56 Å². The predicted molar refractivity (Wildman–Crippen MR) is 177 cm³/mol. The number of aromatic nitrogens is 3. The summed E-state index contributed by atoms with van der Waals surface area (Å²) in [5, 5.41) is 9.25. The number of nitrogens with one attached hydrogen (secondary N) is 3. The monoisotopic (exact) mass is 636 g/mol. The Morgan fingerprint density at radius 1 is 1.04 bits per heavy atom. The fraction of sp³-hybridized carbons (Fsp3) is 0.257. The van der Waals surface area contributed by atoms with E-state index >= 15 is 0 Å². The summed E-state index contributed by atoms with van der Waals surface area (Å²) in [6.07, 6.45) is 6.70. The molecule has 11 heteroatoms. The highest BCUT2D eigenvalue weighted by atomic mass is 32.1. The van der Waals surface area contributed by atoms with Crippen LogP contribution in [0.1, 0.15) is 45.2 Å². The van der Waals surface area contributed by atoms with Gasteiger partial charge in [-0.05, 0) is 34.9 Å². The number of amides is 2. The van der Waals surface area contributed by atoms with Crippen LogP contribution < -0.4 is 25.4 Å². The highest BCUT2D eigenvalue weighted by Crippen LogP contribution is 2.35. The van der Waals surface area contributed by atoms with Gasteiger partial charge in [-0.2, -0.15) is 0 Å². The quantitative estimate of drug-likeness (QED) is 0.181. The number of likely N-dealkylation sites (N-methyl/N-ethyl adjacent to an activating group) is 1. The molecule has 5 aromatic rings. The first kappa shape index (κ1) is 31.0. The lowest BCUT2D eigenvalue weighted by molar-refractivity contribution is -0.122. The molecule has 0 bridgehead atoms. The number of methoxy groups -OCH3 is 1. The number of hydrogen-bond acceptors (Lipinski definition) is 8. The maximum Gasteiger partial charge on any atom is 0.255 e. The number of carbonyl (C=O) groups excluding carboxylic acids is 2. The van der Waals surface area contributed by atoms with Gasteiger partial charge in [-0.25, -0.2) is 4.98 Å². The second-order valence-corrected chi connectivity index (χ2v) is 11.9. The third-order valence-corrected chi connectivity index (χ3v) is 8.96. The van der Waals surface area contributed by atoms with Gasteiger partial charge in [0, 0.05) is 57.0 Å². The van der Waals surface area contributed by atoms with Crippen molar-refractivity contribution >= 4 is 23.2 Å². The normalized spacial score (nSPS) is 14.5. The summed E-state index contributed by atoms with van der Waals surface area (Å²) in [6.45, 7) is 1.77. The molecule has 3 N–H and O–H groups in total. The Balaban J connectivity index is 1.12. The van der Waals surface area contributed by atoms with Crippen molar-refractivity contribution in [2.24, 2.45) is 0 Å². The van der Waals surface area contributed by atoms with Gasteiger partial charge < -0.3 is 30.0 Å². The number of para-hydroxylation sites is 1. The molecule has 0 radical (unpaired) electrons. The Bertz CT molecular complexity index is 1770. The van der Waals surface area contributed by atoms with Gasteiger partial charge in [0.1, 0.15) is 17.5 Å². The molecule has 0 aliphatic carbocycles. The molecule has 0 spiro atoms. The lowest BCUT2D eigenvalue weighted by Gasteiger charge is -2.28. The summed E-state index contributed by atoms with van der Waals surface area (Å²) in [6, 6.07) is 20.8. The molecule has 10 nitrogen and oxygen atoms in total. The van der Waals surface area contributed by atoms with Crippen LogP contribution in [0.4, 0.5) is 0 Å². The summed E-state index contributed by atoms with van der Waals surface area (Å²) in [7, 11) is 3.16. The van der Waals surface area contributed by atoms with E-state index in [0.29, 0.717) is 37.4 Å². The average Bonchev–Trinajstić information content (AvgIpc) is 3.80. The molecular weight excluding hydrogens is 600 g/mol. The zero-order chi connectivity index (χ0) is 31.9. The minimum absolute atomic E-state index is 0.0208. The molecule has 1 aliphatic rings. The Kier molecular flexibility index (Phi) is 9.70. The van der Waals surface area contributed by atoms with Crippen LogP contribution in [0.5, 0.6) is 11.5 Å². The van der Waals surface area contributed by atoms with Gasteiger partial charge in [-0.15, -0.1) is 11.3 Å². The summed E-state index contributed by atoms with van der Waals surface area (Å²) < 4.78 is 13.4. The van der Waals surface area contributed by atoms with E-state index in [2.05, 4.69) is 54.8 Å². The van der Waals surface area contributed by atoms with E-state index < -0.39 is 6.04 Å². The van der Waals surface area contributed by atoms with Crippen LogP contribution in [-0.4, -0.2) is 53.2 Å². The van der Waals surface area contributed by atoms with Crippen LogP contribution in [0.3, 0.4) is 0 Å². The lowest BCUT2D eigenvalue weighted by Crippen LogP contribution is -2.47. The molecular formula is C35H36N6O4S. The second-order valence-electron chi connectivity index (χ2n) is 11.1. The van der Waals surface area contributed by atoms with Crippen molar-refractivity contribution in [1.29, 1.82) is 0 Å². The number of benzene rings is 3. The molecule has 2 aromatic heterocycles. The summed E-state index contributed by atoms with van der Waals surface area (Å²) in [5.41, 5.74) is 7.45. The third kappa shape index (κ3) is 7.11. The first-order valence-electron chi connectivity index (χ1n) is 15.1. The van der Waals surface area contributed by atoms with E-state index in [0.717, 1.165) is 39.4 Å². The van der Waals surface area contributed by atoms with Crippen molar-refractivity contribution in [3.05, 3.63) is 119 Å². The van der Waals surface area contributed by atoms with Crippen molar-refractivity contribution < 1.29 is 19.1 Å². The van der Waals surface area contributed by atoms with Gasteiger partial charge in [0.15, 0.2) is 0 Å². The van der Waals surface area contributed by atoms with E-state index in [4.69, 9.17) is 9.47 Å². The number of nitrogens with zero attached hydrogens (tertiary/aromatic N) is 3.